The van der Waals surface area contributed by atoms with Crippen LogP contribution in [0.25, 0.3) is 0 Å². The number of hydrogen-bond acceptors (Lipinski definition) is 2. The average molecular weight is 115 g/mol. The molecule has 0 saturated heterocycles. The van der Waals surface area contributed by atoms with Crippen LogP contribution in [-0.4, -0.2) is 13.1 Å². The van der Waals surface area contributed by atoms with Gasteiger partial charge in [0, 0.05) is 6.54 Å². The molecule has 0 rings (SSSR count). The zero-order valence-corrected chi connectivity index (χ0v) is 4.89. The van der Waals surface area contributed by atoms with E-state index in [0.717, 1.165) is 19.3 Å². The van der Waals surface area contributed by atoms with Crippen molar-refractivity contribution in [3.8, 4) is 0 Å². The molecular weight excluding hydrogens is 104 g/mol. The Balaban J connectivity index is 2.62. The summed E-state index contributed by atoms with van der Waals surface area (Å²) in [5, 5.41) is 2.70. The predicted octanol–water partition coefficient (Wildman–Crippen LogP) is 1.21. The Kier molecular flexibility index (Phi) is 6.20. The number of nitroso groups, excluding NO2 is 1. The first-order valence-electron chi connectivity index (χ1n) is 2.85. The minimum absolute atomic E-state index is 0.417. The second kappa shape index (κ2) is 6.56. The Labute approximate surface area is 49.2 Å². The lowest BCUT2D eigenvalue weighted by Crippen LogP contribution is -1.86. The molecule has 0 fully saturated rings. The first-order chi connectivity index (χ1) is 3.91. The fourth-order valence-corrected chi connectivity index (χ4v) is 0.478. The minimum Gasteiger partial charge on any atom is -0.258 e. The van der Waals surface area contributed by atoms with Gasteiger partial charge < -0.3 is 0 Å². The summed E-state index contributed by atoms with van der Waals surface area (Å²) in [4.78, 5) is 9.47. The Bertz CT molecular complexity index is 56.4. The number of unbranched alkanes of at least 4 members (excludes halogenated alkanes) is 2. The van der Waals surface area contributed by atoms with E-state index in [1.807, 2.05) is 0 Å². The Morgan fingerprint density at radius 2 is 2.00 bits per heavy atom. The maximum Gasteiger partial charge on any atom is 0.0811 e. The molecule has 0 spiro atoms. The first kappa shape index (κ1) is 7.56. The molecule has 8 heavy (non-hydrogen) atoms. The largest absolute Gasteiger partial charge is 0.258 e. The quantitative estimate of drug-likeness (QED) is 0.392. The molecule has 0 aromatic rings. The van der Waals surface area contributed by atoms with Gasteiger partial charge in [0.05, 0.1) is 6.54 Å². The van der Waals surface area contributed by atoms with Crippen LogP contribution >= 0.6 is 0 Å². The van der Waals surface area contributed by atoms with Crippen LogP contribution in [0.1, 0.15) is 19.3 Å². The second-order valence-electron chi connectivity index (χ2n) is 1.66. The van der Waals surface area contributed by atoms with Crippen molar-refractivity contribution >= 4 is 0 Å². The van der Waals surface area contributed by atoms with Crippen molar-refractivity contribution in [1.82, 2.24) is 5.73 Å². The maximum atomic E-state index is 9.47. The SMILES string of the molecule is [NH]CCCCCN=O. The molecule has 1 radical (unpaired) electrons. The van der Waals surface area contributed by atoms with Crippen LogP contribution in [0.2, 0.25) is 0 Å². The van der Waals surface area contributed by atoms with Crippen molar-refractivity contribution in [2.45, 2.75) is 19.3 Å². The van der Waals surface area contributed by atoms with Crippen molar-refractivity contribution in [2.24, 2.45) is 5.18 Å². The van der Waals surface area contributed by atoms with Crippen molar-refractivity contribution in [3.63, 3.8) is 0 Å². The van der Waals surface area contributed by atoms with E-state index >= 15 is 0 Å². The fraction of sp³-hybridized carbons (Fsp3) is 1.00. The van der Waals surface area contributed by atoms with E-state index in [9.17, 15) is 4.91 Å². The summed E-state index contributed by atoms with van der Waals surface area (Å²) >= 11 is 0. The van der Waals surface area contributed by atoms with Gasteiger partial charge in [0.2, 0.25) is 0 Å². The zero-order chi connectivity index (χ0) is 6.24. The van der Waals surface area contributed by atoms with Crippen molar-refractivity contribution < 1.29 is 0 Å². The summed E-state index contributed by atoms with van der Waals surface area (Å²) in [6.07, 6.45) is 2.72. The van der Waals surface area contributed by atoms with Crippen LogP contribution in [0.5, 0.6) is 0 Å². The lowest BCUT2D eigenvalue weighted by molar-refractivity contribution is 0.688. The molecule has 0 saturated carbocycles. The van der Waals surface area contributed by atoms with Gasteiger partial charge in [-0.2, -0.15) is 4.91 Å². The van der Waals surface area contributed by atoms with Crippen molar-refractivity contribution in [2.75, 3.05) is 13.1 Å². The van der Waals surface area contributed by atoms with Crippen LogP contribution < -0.4 is 5.73 Å². The van der Waals surface area contributed by atoms with Gasteiger partial charge in [-0.3, -0.25) is 5.73 Å². The van der Waals surface area contributed by atoms with E-state index in [1.54, 1.807) is 0 Å². The van der Waals surface area contributed by atoms with E-state index in [-0.39, 0.29) is 0 Å². The molecule has 1 N–H and O–H groups in total. The smallest absolute Gasteiger partial charge is 0.0811 e. The summed E-state index contributed by atoms with van der Waals surface area (Å²) in [7, 11) is 0. The summed E-state index contributed by atoms with van der Waals surface area (Å²) in [5.74, 6) is 0. The van der Waals surface area contributed by atoms with Gasteiger partial charge in [0.15, 0.2) is 0 Å². The average Bonchev–Trinajstić information content (AvgIpc) is 1.81. The summed E-state index contributed by atoms with van der Waals surface area (Å²) < 4.78 is 0. The third-order valence-electron chi connectivity index (χ3n) is 0.926. The monoisotopic (exact) mass is 115 g/mol. The lowest BCUT2D eigenvalue weighted by atomic mass is 10.2. The topological polar surface area (TPSA) is 53.2 Å². The molecule has 0 aromatic carbocycles. The highest BCUT2D eigenvalue weighted by Crippen LogP contribution is 1.92. The zero-order valence-electron chi connectivity index (χ0n) is 4.89. The van der Waals surface area contributed by atoms with Crippen LogP contribution in [0.15, 0.2) is 5.18 Å². The summed E-state index contributed by atoms with van der Waals surface area (Å²) in [6, 6.07) is 0. The van der Waals surface area contributed by atoms with Crippen LogP contribution in [0, 0.1) is 4.91 Å². The minimum atomic E-state index is 0.417. The normalized spacial score (nSPS) is 9.12. The molecular formula is C5H11N2O. The second-order valence-corrected chi connectivity index (χ2v) is 1.66. The van der Waals surface area contributed by atoms with Crippen molar-refractivity contribution in [1.29, 1.82) is 0 Å². The van der Waals surface area contributed by atoms with Gasteiger partial charge in [-0.1, -0.05) is 11.6 Å². The molecule has 0 aromatic heterocycles. The molecule has 0 aliphatic rings. The highest BCUT2D eigenvalue weighted by atomic mass is 16.3. The molecule has 0 amide bonds. The highest BCUT2D eigenvalue weighted by Gasteiger charge is 1.84. The summed E-state index contributed by atoms with van der Waals surface area (Å²) in [5.41, 5.74) is 6.73. The fourth-order valence-electron chi connectivity index (χ4n) is 0.478. The van der Waals surface area contributed by atoms with Gasteiger partial charge in [-0.25, -0.2) is 0 Å². The van der Waals surface area contributed by atoms with Gasteiger partial charge in [-0.05, 0) is 12.8 Å². The summed E-state index contributed by atoms with van der Waals surface area (Å²) in [6.45, 7) is 0.888. The molecule has 0 aliphatic heterocycles. The number of rotatable bonds is 5. The molecule has 0 atom stereocenters. The number of hydrogen-bond donors (Lipinski definition) is 0. The highest BCUT2D eigenvalue weighted by molar-refractivity contribution is 4.44. The Morgan fingerprint density at radius 3 is 2.50 bits per heavy atom. The third-order valence-corrected chi connectivity index (χ3v) is 0.926. The van der Waals surface area contributed by atoms with E-state index in [0.29, 0.717) is 13.1 Å². The maximum absolute atomic E-state index is 9.47. The van der Waals surface area contributed by atoms with E-state index < -0.39 is 0 Å². The Hall–Kier alpha value is -0.440. The van der Waals surface area contributed by atoms with E-state index in [1.165, 1.54) is 0 Å². The third kappa shape index (κ3) is 5.56. The Morgan fingerprint density at radius 1 is 1.25 bits per heavy atom. The van der Waals surface area contributed by atoms with Gasteiger partial charge >= 0.3 is 0 Å². The molecule has 0 bridgehead atoms. The van der Waals surface area contributed by atoms with E-state index in [2.05, 4.69) is 5.18 Å². The molecule has 0 unspecified atom stereocenters. The first-order valence-corrected chi connectivity index (χ1v) is 2.85. The van der Waals surface area contributed by atoms with Gasteiger partial charge in [0.1, 0.15) is 0 Å². The molecule has 0 heterocycles. The van der Waals surface area contributed by atoms with Gasteiger partial charge in [0.25, 0.3) is 0 Å². The molecule has 0 aliphatic carbocycles. The standard InChI is InChI=1S/C5H11N2O/c6-4-2-1-3-5-7-8/h6H,1-5H2. The molecule has 3 heteroatoms. The predicted molar refractivity (Wildman–Crippen MR) is 32.5 cm³/mol. The molecule has 3 nitrogen and oxygen atoms in total. The lowest BCUT2D eigenvalue weighted by Gasteiger charge is -1.89. The van der Waals surface area contributed by atoms with Gasteiger partial charge in [-0.15, -0.1) is 0 Å². The van der Waals surface area contributed by atoms with Crippen molar-refractivity contribution in [3.05, 3.63) is 4.91 Å². The molecule has 47 valence electrons. The van der Waals surface area contributed by atoms with Crippen LogP contribution in [-0.2, 0) is 0 Å². The number of nitrogens with one attached hydrogen (secondary N) is 1. The van der Waals surface area contributed by atoms with Crippen LogP contribution in [0.4, 0.5) is 0 Å². The number of nitrogens with zero attached hydrogens (tertiary/aromatic N) is 1. The van der Waals surface area contributed by atoms with E-state index in [4.69, 9.17) is 5.73 Å². The van der Waals surface area contributed by atoms with Crippen LogP contribution in [0.3, 0.4) is 0 Å².